The van der Waals surface area contributed by atoms with Crippen LogP contribution in [0.5, 0.6) is 5.75 Å². The van der Waals surface area contributed by atoms with Crippen molar-refractivity contribution < 1.29 is 14.3 Å². The first-order valence-corrected chi connectivity index (χ1v) is 9.26. The molecular formula is C22H21N3O3S. The molecule has 3 aromatic carbocycles. The van der Waals surface area contributed by atoms with Gasteiger partial charge in [0.05, 0.1) is 19.8 Å². The number of methoxy groups -OCH3 is 2. The maximum atomic E-state index is 11.5. The van der Waals surface area contributed by atoms with Crippen molar-refractivity contribution in [2.24, 2.45) is 0 Å². The van der Waals surface area contributed by atoms with Gasteiger partial charge >= 0.3 is 5.97 Å². The number of thiocarbonyl (C=S) groups is 1. The molecule has 0 aliphatic rings. The summed E-state index contributed by atoms with van der Waals surface area (Å²) in [5.74, 6) is 0.441. The van der Waals surface area contributed by atoms with E-state index in [1.165, 1.54) is 7.11 Å². The minimum absolute atomic E-state index is 0.374. The van der Waals surface area contributed by atoms with Gasteiger partial charge in [-0.1, -0.05) is 0 Å². The van der Waals surface area contributed by atoms with Crippen LogP contribution in [0.4, 0.5) is 22.7 Å². The summed E-state index contributed by atoms with van der Waals surface area (Å²) in [7, 11) is 3.00. The second-order valence-corrected chi connectivity index (χ2v) is 6.49. The highest BCUT2D eigenvalue weighted by atomic mass is 32.1. The molecule has 0 aliphatic carbocycles. The first-order valence-electron chi connectivity index (χ1n) is 8.85. The van der Waals surface area contributed by atoms with Gasteiger partial charge in [-0.25, -0.2) is 4.79 Å². The predicted octanol–water partition coefficient (Wildman–Crippen LogP) is 5.03. The fourth-order valence-electron chi connectivity index (χ4n) is 2.58. The van der Waals surface area contributed by atoms with E-state index in [-0.39, 0.29) is 5.97 Å². The summed E-state index contributed by atoms with van der Waals surface area (Å²) in [5, 5.41) is 9.99. The van der Waals surface area contributed by atoms with Crippen LogP contribution in [0.25, 0.3) is 0 Å². The molecule has 29 heavy (non-hydrogen) atoms. The molecule has 6 nitrogen and oxygen atoms in total. The molecule has 0 bridgehead atoms. The van der Waals surface area contributed by atoms with Crippen molar-refractivity contribution in [3.05, 3.63) is 78.4 Å². The summed E-state index contributed by atoms with van der Waals surface area (Å²) >= 11 is 5.35. The number of hydrogen-bond donors (Lipinski definition) is 3. The number of esters is 1. The average Bonchev–Trinajstić information content (AvgIpc) is 2.75. The zero-order valence-corrected chi connectivity index (χ0v) is 16.9. The second-order valence-electron chi connectivity index (χ2n) is 6.08. The van der Waals surface area contributed by atoms with Crippen LogP contribution in [0.2, 0.25) is 0 Å². The minimum atomic E-state index is -0.374. The standard InChI is InChI=1S/C22H21N3O3S/c1-27-20-13-11-17(12-14-20)23-16-7-9-19(10-8-16)25-22(29)24-18-5-3-15(4-6-18)21(26)28-2/h3-14,23H,1-2H3,(H2,24,25,29). The normalized spacial score (nSPS) is 10.0. The number of rotatable bonds is 6. The molecule has 3 aromatic rings. The van der Waals surface area contributed by atoms with Crippen molar-refractivity contribution in [2.45, 2.75) is 0 Å². The third-order valence-corrected chi connectivity index (χ3v) is 4.29. The van der Waals surface area contributed by atoms with Crippen molar-refractivity contribution >= 4 is 46.0 Å². The highest BCUT2D eigenvalue weighted by Gasteiger charge is 2.05. The van der Waals surface area contributed by atoms with Crippen LogP contribution in [0.3, 0.4) is 0 Å². The Morgan fingerprint density at radius 1 is 0.724 bits per heavy atom. The molecule has 3 rings (SSSR count). The molecular weight excluding hydrogens is 386 g/mol. The van der Waals surface area contributed by atoms with Crippen LogP contribution in [-0.4, -0.2) is 25.3 Å². The van der Waals surface area contributed by atoms with Crippen LogP contribution in [0.15, 0.2) is 72.8 Å². The van der Waals surface area contributed by atoms with E-state index in [4.69, 9.17) is 17.0 Å². The van der Waals surface area contributed by atoms with E-state index < -0.39 is 0 Å². The molecule has 0 spiro atoms. The smallest absolute Gasteiger partial charge is 0.337 e. The van der Waals surface area contributed by atoms with E-state index in [0.29, 0.717) is 10.7 Å². The Morgan fingerprint density at radius 2 is 1.17 bits per heavy atom. The Kier molecular flexibility index (Phi) is 6.65. The third-order valence-electron chi connectivity index (χ3n) is 4.09. The van der Waals surface area contributed by atoms with E-state index in [0.717, 1.165) is 28.5 Å². The number of carbonyl (C=O) groups is 1. The van der Waals surface area contributed by atoms with Gasteiger partial charge in [0, 0.05) is 22.7 Å². The first kappa shape index (κ1) is 20.2. The van der Waals surface area contributed by atoms with Crippen LogP contribution >= 0.6 is 12.2 Å². The quantitative estimate of drug-likeness (QED) is 0.391. The Labute approximate surface area is 174 Å². The van der Waals surface area contributed by atoms with Crippen molar-refractivity contribution in [1.29, 1.82) is 0 Å². The zero-order chi connectivity index (χ0) is 20.6. The van der Waals surface area contributed by atoms with Gasteiger partial charge in [-0.3, -0.25) is 0 Å². The van der Waals surface area contributed by atoms with Crippen LogP contribution in [0.1, 0.15) is 10.4 Å². The Balaban J connectivity index is 1.54. The van der Waals surface area contributed by atoms with E-state index in [1.54, 1.807) is 31.4 Å². The van der Waals surface area contributed by atoms with Gasteiger partial charge in [0.15, 0.2) is 5.11 Å². The van der Waals surface area contributed by atoms with E-state index in [1.807, 2.05) is 48.5 Å². The highest BCUT2D eigenvalue weighted by Crippen LogP contribution is 2.21. The van der Waals surface area contributed by atoms with Crippen molar-refractivity contribution in [3.8, 4) is 5.75 Å². The summed E-state index contributed by atoms with van der Waals surface area (Å²) in [5.41, 5.74) is 4.04. The molecule has 0 heterocycles. The predicted molar refractivity (Wildman–Crippen MR) is 120 cm³/mol. The van der Waals surface area contributed by atoms with Crippen LogP contribution in [0, 0.1) is 0 Å². The summed E-state index contributed by atoms with van der Waals surface area (Å²) in [6, 6.07) is 22.4. The Morgan fingerprint density at radius 3 is 1.66 bits per heavy atom. The lowest BCUT2D eigenvalue weighted by atomic mass is 10.2. The van der Waals surface area contributed by atoms with E-state index >= 15 is 0 Å². The summed E-state index contributed by atoms with van der Waals surface area (Å²) in [6.07, 6.45) is 0. The van der Waals surface area contributed by atoms with Gasteiger partial charge in [-0.05, 0) is 85.0 Å². The minimum Gasteiger partial charge on any atom is -0.497 e. The van der Waals surface area contributed by atoms with Crippen molar-refractivity contribution in [1.82, 2.24) is 0 Å². The zero-order valence-electron chi connectivity index (χ0n) is 16.1. The number of hydrogen-bond acceptors (Lipinski definition) is 5. The maximum Gasteiger partial charge on any atom is 0.337 e. The summed E-state index contributed by atoms with van der Waals surface area (Å²) in [4.78, 5) is 11.5. The lowest BCUT2D eigenvalue weighted by Crippen LogP contribution is -2.19. The largest absolute Gasteiger partial charge is 0.497 e. The van der Waals surface area contributed by atoms with Gasteiger partial charge in [-0.15, -0.1) is 0 Å². The molecule has 0 aromatic heterocycles. The number of carbonyl (C=O) groups excluding carboxylic acids is 1. The Bertz CT molecular complexity index is 972. The van der Waals surface area contributed by atoms with Gasteiger partial charge in [-0.2, -0.15) is 0 Å². The maximum absolute atomic E-state index is 11.5. The van der Waals surface area contributed by atoms with Gasteiger partial charge in [0.25, 0.3) is 0 Å². The van der Waals surface area contributed by atoms with Gasteiger partial charge in [0.1, 0.15) is 5.75 Å². The topological polar surface area (TPSA) is 71.6 Å². The fraction of sp³-hybridized carbons (Fsp3) is 0.0909. The highest BCUT2D eigenvalue weighted by molar-refractivity contribution is 7.80. The molecule has 0 amide bonds. The number of benzene rings is 3. The monoisotopic (exact) mass is 407 g/mol. The number of anilines is 4. The molecule has 0 aliphatic heterocycles. The molecule has 3 N–H and O–H groups in total. The van der Waals surface area contributed by atoms with Crippen molar-refractivity contribution in [2.75, 3.05) is 30.2 Å². The lowest BCUT2D eigenvalue weighted by Gasteiger charge is -2.12. The average molecular weight is 407 g/mol. The SMILES string of the molecule is COC(=O)c1ccc(NC(=S)Nc2ccc(Nc3ccc(OC)cc3)cc2)cc1. The molecule has 148 valence electrons. The van der Waals surface area contributed by atoms with Gasteiger partial charge < -0.3 is 25.4 Å². The summed E-state index contributed by atoms with van der Waals surface area (Å²) < 4.78 is 9.85. The number of nitrogens with one attached hydrogen (secondary N) is 3. The molecule has 7 heteroatoms. The summed E-state index contributed by atoms with van der Waals surface area (Å²) in [6.45, 7) is 0. The van der Waals surface area contributed by atoms with E-state index in [2.05, 4.69) is 20.7 Å². The third kappa shape index (κ3) is 5.70. The number of ether oxygens (including phenoxy) is 2. The molecule has 0 unspecified atom stereocenters. The lowest BCUT2D eigenvalue weighted by molar-refractivity contribution is 0.0601. The molecule has 0 radical (unpaired) electrons. The van der Waals surface area contributed by atoms with Crippen LogP contribution < -0.4 is 20.7 Å². The van der Waals surface area contributed by atoms with Gasteiger partial charge in [0.2, 0.25) is 0 Å². The molecule has 0 saturated carbocycles. The Hall–Kier alpha value is -3.58. The molecule has 0 fully saturated rings. The second kappa shape index (κ2) is 9.57. The van der Waals surface area contributed by atoms with Crippen molar-refractivity contribution in [3.63, 3.8) is 0 Å². The molecule has 0 saturated heterocycles. The first-order chi connectivity index (χ1) is 14.1. The fourth-order valence-corrected chi connectivity index (χ4v) is 2.81. The van der Waals surface area contributed by atoms with Crippen LogP contribution in [-0.2, 0) is 4.74 Å². The molecule has 0 atom stereocenters. The van der Waals surface area contributed by atoms with E-state index in [9.17, 15) is 4.79 Å².